The Kier molecular flexibility index (Phi) is 4.04. The van der Waals surface area contributed by atoms with Gasteiger partial charge in [-0.1, -0.05) is 20.8 Å². The highest BCUT2D eigenvalue weighted by Crippen LogP contribution is 2.17. The number of nitrogens with zero attached hydrogens (tertiary/aromatic N) is 4. The first-order valence-electron chi connectivity index (χ1n) is 6.51. The molecule has 0 atom stereocenters. The number of hydrogen-bond acceptors (Lipinski definition) is 4. The lowest BCUT2D eigenvalue weighted by Gasteiger charge is -2.27. The zero-order chi connectivity index (χ0) is 13.9. The number of H-pyrrole nitrogens is 1. The van der Waals surface area contributed by atoms with Crippen LogP contribution in [0.3, 0.4) is 0 Å². The fourth-order valence-corrected chi connectivity index (χ4v) is 1.75. The molecule has 0 unspecified atom stereocenters. The molecular weight excluding hydrogens is 244 g/mol. The molecular formula is C12H22N6O. The van der Waals surface area contributed by atoms with E-state index in [-0.39, 0.29) is 5.41 Å². The fraction of sp³-hybridized carbons (Fsp3) is 0.750. The zero-order valence-electron chi connectivity index (χ0n) is 11.8. The number of aromatic nitrogens is 3. The molecule has 19 heavy (non-hydrogen) atoms. The van der Waals surface area contributed by atoms with Gasteiger partial charge in [0.15, 0.2) is 11.8 Å². The molecule has 1 fully saturated rings. The molecule has 0 saturated carbocycles. The van der Waals surface area contributed by atoms with Crippen LogP contribution in [0.1, 0.15) is 32.4 Å². The number of rotatable bonds is 2. The maximum atomic E-state index is 5.95. The fourth-order valence-electron chi connectivity index (χ4n) is 1.75. The number of nitrogens with one attached hydrogen (secondary N) is 1. The minimum absolute atomic E-state index is 0.0613. The standard InChI is InChI=1S/C12H22N6O/c1-12(2,3)10-15-9(16-17-10)8-14-11(13)18-4-6-19-7-5-18/h4-8H2,1-3H3,(H2,13,14)(H,15,16,17). The second-order valence-corrected chi connectivity index (χ2v) is 5.63. The van der Waals surface area contributed by atoms with Crippen molar-refractivity contribution in [1.82, 2.24) is 20.1 Å². The maximum absolute atomic E-state index is 5.95. The Morgan fingerprint density at radius 1 is 1.42 bits per heavy atom. The van der Waals surface area contributed by atoms with Crippen LogP contribution in [-0.2, 0) is 16.7 Å². The van der Waals surface area contributed by atoms with Crippen molar-refractivity contribution in [1.29, 1.82) is 0 Å². The summed E-state index contributed by atoms with van der Waals surface area (Å²) in [5.41, 5.74) is 5.89. The highest BCUT2D eigenvalue weighted by atomic mass is 16.5. The molecule has 2 heterocycles. The summed E-state index contributed by atoms with van der Waals surface area (Å²) in [7, 11) is 0. The third-order valence-electron chi connectivity index (χ3n) is 2.93. The van der Waals surface area contributed by atoms with Crippen molar-refractivity contribution in [3.63, 3.8) is 0 Å². The van der Waals surface area contributed by atoms with Crippen LogP contribution < -0.4 is 5.73 Å². The quantitative estimate of drug-likeness (QED) is 0.591. The first-order chi connectivity index (χ1) is 8.97. The number of aromatic amines is 1. The molecule has 0 aromatic carbocycles. The monoisotopic (exact) mass is 266 g/mol. The van der Waals surface area contributed by atoms with Gasteiger partial charge in [0.25, 0.3) is 0 Å². The van der Waals surface area contributed by atoms with E-state index >= 15 is 0 Å². The largest absolute Gasteiger partial charge is 0.378 e. The van der Waals surface area contributed by atoms with Crippen molar-refractivity contribution in [2.75, 3.05) is 26.3 Å². The topological polar surface area (TPSA) is 92.4 Å². The van der Waals surface area contributed by atoms with E-state index in [2.05, 4.69) is 40.9 Å². The molecule has 0 spiro atoms. The second kappa shape index (κ2) is 5.56. The summed E-state index contributed by atoms with van der Waals surface area (Å²) in [4.78, 5) is 10.8. The number of morpholine rings is 1. The van der Waals surface area contributed by atoms with Gasteiger partial charge in [-0.05, 0) is 0 Å². The molecule has 7 nitrogen and oxygen atoms in total. The van der Waals surface area contributed by atoms with Crippen molar-refractivity contribution in [2.45, 2.75) is 32.7 Å². The van der Waals surface area contributed by atoms with Gasteiger partial charge in [0.05, 0.1) is 13.2 Å². The summed E-state index contributed by atoms with van der Waals surface area (Å²) in [6, 6.07) is 0. The first kappa shape index (κ1) is 13.8. The summed E-state index contributed by atoms with van der Waals surface area (Å²) >= 11 is 0. The van der Waals surface area contributed by atoms with Gasteiger partial charge in [-0.15, -0.1) is 0 Å². The predicted octanol–water partition coefficient (Wildman–Crippen LogP) is 0.249. The molecule has 1 saturated heterocycles. The normalized spacial score (nSPS) is 17.8. The van der Waals surface area contributed by atoms with E-state index < -0.39 is 0 Å². The molecule has 3 N–H and O–H groups in total. The van der Waals surface area contributed by atoms with Crippen LogP contribution in [0.5, 0.6) is 0 Å². The van der Waals surface area contributed by atoms with Crippen molar-refractivity contribution in [2.24, 2.45) is 10.7 Å². The van der Waals surface area contributed by atoms with E-state index in [1.807, 2.05) is 4.90 Å². The van der Waals surface area contributed by atoms with E-state index in [4.69, 9.17) is 10.5 Å². The Morgan fingerprint density at radius 3 is 2.68 bits per heavy atom. The van der Waals surface area contributed by atoms with Crippen LogP contribution in [-0.4, -0.2) is 52.3 Å². The minimum Gasteiger partial charge on any atom is -0.378 e. The molecule has 1 aromatic heterocycles. The average Bonchev–Trinajstić information content (AvgIpc) is 2.86. The number of aliphatic imine (C=N–C) groups is 1. The highest BCUT2D eigenvalue weighted by Gasteiger charge is 2.19. The molecule has 2 rings (SSSR count). The smallest absolute Gasteiger partial charge is 0.191 e. The lowest BCUT2D eigenvalue weighted by molar-refractivity contribution is 0.0674. The third-order valence-corrected chi connectivity index (χ3v) is 2.93. The zero-order valence-corrected chi connectivity index (χ0v) is 11.8. The summed E-state index contributed by atoms with van der Waals surface area (Å²) in [6.07, 6.45) is 0. The Bertz CT molecular complexity index is 441. The van der Waals surface area contributed by atoms with Gasteiger partial charge in [0, 0.05) is 18.5 Å². The maximum Gasteiger partial charge on any atom is 0.191 e. The molecule has 0 amide bonds. The van der Waals surface area contributed by atoms with Gasteiger partial charge >= 0.3 is 0 Å². The van der Waals surface area contributed by atoms with E-state index in [1.54, 1.807) is 0 Å². The molecule has 1 aromatic rings. The lowest BCUT2D eigenvalue weighted by atomic mass is 9.96. The SMILES string of the molecule is CC(C)(C)c1n[nH]c(CN=C(N)N2CCOCC2)n1. The van der Waals surface area contributed by atoms with Gasteiger partial charge in [0.1, 0.15) is 12.4 Å². The Hall–Kier alpha value is -1.63. The molecule has 106 valence electrons. The van der Waals surface area contributed by atoms with E-state index in [0.29, 0.717) is 25.7 Å². The lowest BCUT2D eigenvalue weighted by Crippen LogP contribution is -2.44. The van der Waals surface area contributed by atoms with E-state index in [1.165, 1.54) is 0 Å². The van der Waals surface area contributed by atoms with E-state index in [9.17, 15) is 0 Å². The van der Waals surface area contributed by atoms with Crippen molar-refractivity contribution < 1.29 is 4.74 Å². The van der Waals surface area contributed by atoms with Crippen LogP contribution in [0.25, 0.3) is 0 Å². The number of ether oxygens (including phenoxy) is 1. The Morgan fingerprint density at radius 2 is 2.11 bits per heavy atom. The van der Waals surface area contributed by atoms with Crippen LogP contribution in [0, 0.1) is 0 Å². The number of guanidine groups is 1. The van der Waals surface area contributed by atoms with Crippen molar-refractivity contribution in [3.05, 3.63) is 11.6 Å². The summed E-state index contributed by atoms with van der Waals surface area (Å²) in [5, 5.41) is 7.10. The van der Waals surface area contributed by atoms with Gasteiger partial charge in [-0.3, -0.25) is 5.10 Å². The molecule has 0 radical (unpaired) electrons. The Balaban J connectivity index is 1.95. The summed E-state index contributed by atoms with van der Waals surface area (Å²) in [5.74, 6) is 2.07. The van der Waals surface area contributed by atoms with Crippen LogP contribution in [0.4, 0.5) is 0 Å². The second-order valence-electron chi connectivity index (χ2n) is 5.63. The first-order valence-corrected chi connectivity index (χ1v) is 6.51. The van der Waals surface area contributed by atoms with Crippen LogP contribution in [0.2, 0.25) is 0 Å². The van der Waals surface area contributed by atoms with Crippen molar-refractivity contribution in [3.8, 4) is 0 Å². The average molecular weight is 266 g/mol. The molecule has 7 heteroatoms. The number of hydrogen-bond donors (Lipinski definition) is 2. The molecule has 0 bridgehead atoms. The minimum atomic E-state index is -0.0613. The molecule has 1 aliphatic heterocycles. The highest BCUT2D eigenvalue weighted by molar-refractivity contribution is 5.78. The van der Waals surface area contributed by atoms with Crippen LogP contribution in [0.15, 0.2) is 4.99 Å². The third kappa shape index (κ3) is 3.66. The van der Waals surface area contributed by atoms with Gasteiger partial charge in [0.2, 0.25) is 0 Å². The Labute approximate surface area is 113 Å². The van der Waals surface area contributed by atoms with E-state index in [0.717, 1.165) is 24.7 Å². The molecule has 0 aliphatic carbocycles. The predicted molar refractivity (Wildman–Crippen MR) is 72.8 cm³/mol. The van der Waals surface area contributed by atoms with Gasteiger partial charge < -0.3 is 15.4 Å². The van der Waals surface area contributed by atoms with Gasteiger partial charge in [-0.25, -0.2) is 9.98 Å². The molecule has 1 aliphatic rings. The number of nitrogens with two attached hydrogens (primary N) is 1. The van der Waals surface area contributed by atoms with Crippen LogP contribution >= 0.6 is 0 Å². The van der Waals surface area contributed by atoms with Gasteiger partial charge in [-0.2, -0.15) is 5.10 Å². The van der Waals surface area contributed by atoms with Crippen molar-refractivity contribution >= 4 is 5.96 Å². The summed E-state index contributed by atoms with van der Waals surface area (Å²) in [6.45, 7) is 9.63. The summed E-state index contributed by atoms with van der Waals surface area (Å²) < 4.78 is 5.27.